The van der Waals surface area contributed by atoms with Crippen molar-refractivity contribution in [2.45, 2.75) is 32.2 Å². The van der Waals surface area contributed by atoms with Crippen LogP contribution < -0.4 is 10.1 Å². The molecular formula is C21H23NO2. The molecule has 1 aliphatic heterocycles. The second-order valence-electron chi connectivity index (χ2n) is 6.64. The summed E-state index contributed by atoms with van der Waals surface area (Å²) in [5.41, 5.74) is 4.51. The molecule has 3 heteroatoms. The molecule has 0 bridgehead atoms. The standard InChI is InChI=1S/C21H23NO2/c1-3-24-18-10-5-4-7-16(18)20-15-9-6-8-14(15)19-13(2)11-12-17(23)21(19)22-20/h4-8,10-12,14-15,20,22-23H,3,9H2,1-2H3. The van der Waals surface area contributed by atoms with Gasteiger partial charge in [0.1, 0.15) is 11.5 Å². The van der Waals surface area contributed by atoms with Crippen LogP contribution in [-0.4, -0.2) is 11.7 Å². The minimum absolute atomic E-state index is 0.132. The largest absolute Gasteiger partial charge is 0.506 e. The number of anilines is 1. The van der Waals surface area contributed by atoms with Crippen molar-refractivity contribution in [3.8, 4) is 11.5 Å². The number of fused-ring (bicyclic) bond motifs is 3. The van der Waals surface area contributed by atoms with Crippen molar-refractivity contribution in [3.63, 3.8) is 0 Å². The quantitative estimate of drug-likeness (QED) is 0.622. The van der Waals surface area contributed by atoms with Crippen LogP contribution >= 0.6 is 0 Å². The Hall–Kier alpha value is -2.42. The lowest BCUT2D eigenvalue weighted by molar-refractivity contribution is 0.326. The van der Waals surface area contributed by atoms with Crippen LogP contribution in [0.2, 0.25) is 0 Å². The Kier molecular flexibility index (Phi) is 3.72. The topological polar surface area (TPSA) is 41.5 Å². The molecule has 3 unspecified atom stereocenters. The lowest BCUT2D eigenvalue weighted by Crippen LogP contribution is -2.30. The van der Waals surface area contributed by atoms with Gasteiger partial charge in [-0.2, -0.15) is 0 Å². The van der Waals surface area contributed by atoms with Gasteiger partial charge in [0.2, 0.25) is 0 Å². The van der Waals surface area contributed by atoms with Gasteiger partial charge >= 0.3 is 0 Å². The van der Waals surface area contributed by atoms with Gasteiger partial charge in [-0.05, 0) is 49.4 Å². The molecule has 0 fully saturated rings. The molecule has 3 atom stereocenters. The number of hydrogen-bond acceptors (Lipinski definition) is 3. The minimum Gasteiger partial charge on any atom is -0.506 e. The molecule has 0 amide bonds. The van der Waals surface area contributed by atoms with Gasteiger partial charge in [-0.1, -0.05) is 36.4 Å². The smallest absolute Gasteiger partial charge is 0.139 e. The fourth-order valence-corrected chi connectivity index (χ4v) is 4.21. The predicted octanol–water partition coefficient (Wildman–Crippen LogP) is 4.93. The summed E-state index contributed by atoms with van der Waals surface area (Å²) in [7, 11) is 0. The minimum atomic E-state index is 0.132. The SMILES string of the molecule is CCOc1ccccc1C1Nc2c(O)ccc(C)c2C2C=CCC21. The maximum Gasteiger partial charge on any atom is 0.139 e. The number of ether oxygens (including phenoxy) is 1. The van der Waals surface area contributed by atoms with E-state index in [2.05, 4.69) is 36.5 Å². The van der Waals surface area contributed by atoms with Gasteiger partial charge in [0.05, 0.1) is 18.3 Å². The summed E-state index contributed by atoms with van der Waals surface area (Å²) in [4.78, 5) is 0. The Bertz CT molecular complexity index is 796. The molecule has 24 heavy (non-hydrogen) atoms. The average Bonchev–Trinajstić information content (AvgIpc) is 3.08. The van der Waals surface area contributed by atoms with E-state index in [1.807, 2.05) is 25.1 Å². The maximum absolute atomic E-state index is 10.4. The van der Waals surface area contributed by atoms with E-state index in [9.17, 15) is 5.11 Å². The van der Waals surface area contributed by atoms with Crippen molar-refractivity contribution in [2.24, 2.45) is 5.92 Å². The highest BCUT2D eigenvalue weighted by molar-refractivity contribution is 5.69. The van der Waals surface area contributed by atoms with Crippen molar-refractivity contribution in [1.82, 2.24) is 0 Å². The molecule has 2 aliphatic rings. The lowest BCUT2D eigenvalue weighted by Gasteiger charge is -2.39. The van der Waals surface area contributed by atoms with Crippen LogP contribution in [0.15, 0.2) is 48.6 Å². The summed E-state index contributed by atoms with van der Waals surface area (Å²) in [6.45, 7) is 4.78. The zero-order chi connectivity index (χ0) is 16.7. The monoisotopic (exact) mass is 321 g/mol. The molecule has 2 N–H and O–H groups in total. The van der Waals surface area contributed by atoms with E-state index < -0.39 is 0 Å². The number of phenolic OH excluding ortho intramolecular Hbond substituents is 1. The number of aromatic hydroxyl groups is 1. The van der Waals surface area contributed by atoms with E-state index in [1.54, 1.807) is 6.07 Å². The molecule has 4 rings (SSSR count). The van der Waals surface area contributed by atoms with Gasteiger partial charge in [0, 0.05) is 11.5 Å². The summed E-state index contributed by atoms with van der Waals surface area (Å²) in [6, 6.07) is 12.2. The maximum atomic E-state index is 10.4. The van der Waals surface area contributed by atoms with Crippen LogP contribution in [0.5, 0.6) is 11.5 Å². The lowest BCUT2D eigenvalue weighted by atomic mass is 9.75. The number of phenols is 1. The third-order valence-corrected chi connectivity index (χ3v) is 5.27. The van der Waals surface area contributed by atoms with Crippen LogP contribution in [0.25, 0.3) is 0 Å². The van der Waals surface area contributed by atoms with Crippen LogP contribution in [0.4, 0.5) is 5.69 Å². The fraction of sp³-hybridized carbons (Fsp3) is 0.333. The molecule has 0 spiro atoms. The first-order valence-electron chi connectivity index (χ1n) is 8.68. The summed E-state index contributed by atoms with van der Waals surface area (Å²) < 4.78 is 5.86. The van der Waals surface area contributed by atoms with Crippen LogP contribution in [0.1, 0.15) is 42.0 Å². The molecular weight excluding hydrogens is 298 g/mol. The molecule has 0 aromatic heterocycles. The Morgan fingerprint density at radius 2 is 2.04 bits per heavy atom. The van der Waals surface area contributed by atoms with E-state index in [0.29, 0.717) is 24.2 Å². The normalized spacial score (nSPS) is 24.2. The van der Waals surface area contributed by atoms with E-state index >= 15 is 0 Å². The van der Waals surface area contributed by atoms with Crippen molar-refractivity contribution < 1.29 is 9.84 Å². The Balaban J connectivity index is 1.83. The first kappa shape index (κ1) is 15.1. The number of rotatable bonds is 3. The first-order chi connectivity index (χ1) is 11.7. The van der Waals surface area contributed by atoms with Crippen molar-refractivity contribution in [1.29, 1.82) is 0 Å². The van der Waals surface area contributed by atoms with Gasteiger partial charge in [0.25, 0.3) is 0 Å². The van der Waals surface area contributed by atoms with Gasteiger partial charge in [0.15, 0.2) is 0 Å². The molecule has 2 aromatic rings. The van der Waals surface area contributed by atoms with E-state index in [0.717, 1.165) is 17.9 Å². The fourth-order valence-electron chi connectivity index (χ4n) is 4.21. The molecule has 1 heterocycles. The summed E-state index contributed by atoms with van der Waals surface area (Å²) >= 11 is 0. The Morgan fingerprint density at radius 1 is 1.21 bits per heavy atom. The number of allylic oxidation sites excluding steroid dienone is 2. The average molecular weight is 321 g/mol. The van der Waals surface area contributed by atoms with Crippen molar-refractivity contribution in [2.75, 3.05) is 11.9 Å². The van der Waals surface area contributed by atoms with Gasteiger partial charge in [-0.25, -0.2) is 0 Å². The third-order valence-electron chi connectivity index (χ3n) is 5.27. The number of para-hydroxylation sites is 1. The predicted molar refractivity (Wildman–Crippen MR) is 96.8 cm³/mol. The van der Waals surface area contributed by atoms with Crippen LogP contribution in [0.3, 0.4) is 0 Å². The Morgan fingerprint density at radius 3 is 2.88 bits per heavy atom. The first-order valence-corrected chi connectivity index (χ1v) is 8.68. The number of nitrogens with one attached hydrogen (secondary N) is 1. The van der Waals surface area contributed by atoms with E-state index in [1.165, 1.54) is 16.7 Å². The molecule has 0 radical (unpaired) electrons. The van der Waals surface area contributed by atoms with Gasteiger partial charge in [-0.3, -0.25) is 0 Å². The Labute approximate surface area is 143 Å². The highest BCUT2D eigenvalue weighted by Crippen LogP contribution is 2.53. The van der Waals surface area contributed by atoms with E-state index in [4.69, 9.17) is 4.74 Å². The molecule has 2 aromatic carbocycles. The van der Waals surface area contributed by atoms with Crippen molar-refractivity contribution in [3.05, 3.63) is 65.2 Å². The molecule has 3 nitrogen and oxygen atoms in total. The summed E-state index contributed by atoms with van der Waals surface area (Å²) in [6.07, 6.45) is 5.61. The second-order valence-corrected chi connectivity index (χ2v) is 6.64. The zero-order valence-electron chi connectivity index (χ0n) is 14.1. The second kappa shape index (κ2) is 5.90. The van der Waals surface area contributed by atoms with Gasteiger partial charge in [-0.15, -0.1) is 0 Å². The number of aryl methyl sites for hydroxylation is 1. The number of hydrogen-bond donors (Lipinski definition) is 2. The molecule has 124 valence electrons. The highest BCUT2D eigenvalue weighted by atomic mass is 16.5. The van der Waals surface area contributed by atoms with E-state index in [-0.39, 0.29) is 6.04 Å². The third kappa shape index (κ3) is 2.27. The summed E-state index contributed by atoms with van der Waals surface area (Å²) in [5.74, 6) is 2.04. The molecule has 0 saturated carbocycles. The van der Waals surface area contributed by atoms with Crippen molar-refractivity contribution >= 4 is 5.69 Å². The zero-order valence-corrected chi connectivity index (χ0v) is 14.1. The number of benzene rings is 2. The highest BCUT2D eigenvalue weighted by Gasteiger charge is 2.40. The van der Waals surface area contributed by atoms with Gasteiger partial charge < -0.3 is 15.2 Å². The molecule has 0 saturated heterocycles. The van der Waals surface area contributed by atoms with Crippen LogP contribution in [0, 0.1) is 12.8 Å². The molecule has 1 aliphatic carbocycles. The summed E-state index contributed by atoms with van der Waals surface area (Å²) in [5, 5.41) is 14.0. The van der Waals surface area contributed by atoms with Crippen LogP contribution in [-0.2, 0) is 0 Å².